The number of fused-ring (bicyclic) bond motifs is 1. The van der Waals surface area contributed by atoms with Crippen molar-refractivity contribution in [3.8, 4) is 23.1 Å². The predicted molar refractivity (Wildman–Crippen MR) is 197 cm³/mol. The van der Waals surface area contributed by atoms with E-state index in [1.54, 1.807) is 29.8 Å². The predicted octanol–water partition coefficient (Wildman–Crippen LogP) is 5.12. The Hall–Kier alpha value is -6.10. The molecule has 4 aromatic rings. The van der Waals surface area contributed by atoms with Gasteiger partial charge >= 0.3 is 12.2 Å². The van der Waals surface area contributed by atoms with Crippen molar-refractivity contribution in [2.24, 2.45) is 0 Å². The van der Waals surface area contributed by atoms with E-state index < -0.39 is 24.3 Å². The van der Waals surface area contributed by atoms with Crippen LogP contribution in [0.4, 0.5) is 9.59 Å². The van der Waals surface area contributed by atoms with Crippen LogP contribution in [0.25, 0.3) is 22.3 Å². The van der Waals surface area contributed by atoms with E-state index in [1.807, 2.05) is 49.4 Å². The SMILES string of the molecule is C=C1C[C@@H](c2ncc(-c3ccc(C#Cc4ccc5nc([C@@H]6CCCN6C(=O)C(C)NC(=O)OCC)[nH]c5c4)cc3)[nH]2)N(C(=O)C(CC)NC(=O)OC)C1. The number of amides is 4. The summed E-state index contributed by atoms with van der Waals surface area (Å²) in [5, 5.41) is 5.22. The van der Waals surface area contributed by atoms with Crippen LogP contribution < -0.4 is 10.6 Å². The van der Waals surface area contributed by atoms with Gasteiger partial charge in [-0.2, -0.15) is 0 Å². The molecule has 2 unspecified atom stereocenters. The number of aromatic nitrogens is 4. The monoisotopic (exact) mass is 720 g/mol. The van der Waals surface area contributed by atoms with Crippen LogP contribution in [0.15, 0.2) is 60.8 Å². The van der Waals surface area contributed by atoms with E-state index in [2.05, 4.69) is 44.0 Å². The molecular formula is C39H44N8O6. The molecule has 2 aromatic heterocycles. The second-order valence-electron chi connectivity index (χ2n) is 13.2. The third kappa shape index (κ3) is 8.19. The quantitative estimate of drug-likeness (QED) is 0.136. The number of likely N-dealkylation sites (tertiary alicyclic amines) is 2. The highest BCUT2D eigenvalue weighted by atomic mass is 16.5. The summed E-state index contributed by atoms with van der Waals surface area (Å²) >= 11 is 0. The average molecular weight is 721 g/mol. The summed E-state index contributed by atoms with van der Waals surface area (Å²) in [7, 11) is 1.27. The Morgan fingerprint density at radius 1 is 0.962 bits per heavy atom. The van der Waals surface area contributed by atoms with Gasteiger partial charge in [-0.1, -0.05) is 43.0 Å². The van der Waals surface area contributed by atoms with Gasteiger partial charge in [0.25, 0.3) is 0 Å². The van der Waals surface area contributed by atoms with Gasteiger partial charge in [0.1, 0.15) is 23.7 Å². The average Bonchev–Trinajstić information content (AvgIpc) is 3.98. The van der Waals surface area contributed by atoms with Gasteiger partial charge in [0.15, 0.2) is 0 Å². The van der Waals surface area contributed by atoms with Crippen LogP contribution >= 0.6 is 0 Å². The lowest BCUT2D eigenvalue weighted by Gasteiger charge is -2.27. The molecule has 53 heavy (non-hydrogen) atoms. The van der Waals surface area contributed by atoms with Gasteiger partial charge in [-0.3, -0.25) is 9.59 Å². The number of nitrogens with one attached hydrogen (secondary N) is 4. The normalized spacial score (nSPS) is 17.9. The molecule has 4 amide bonds. The molecule has 2 aliphatic heterocycles. The van der Waals surface area contributed by atoms with Crippen molar-refractivity contribution in [2.45, 2.75) is 70.6 Å². The van der Waals surface area contributed by atoms with Crippen molar-refractivity contribution in [3.05, 3.63) is 83.6 Å². The molecule has 0 bridgehead atoms. The highest BCUT2D eigenvalue weighted by molar-refractivity contribution is 5.87. The number of nitrogens with zero attached hydrogens (tertiary/aromatic N) is 4. The number of hydrogen-bond acceptors (Lipinski definition) is 8. The largest absolute Gasteiger partial charge is 0.453 e. The fraction of sp³-hybridized carbons (Fsp3) is 0.385. The summed E-state index contributed by atoms with van der Waals surface area (Å²) in [6, 6.07) is 11.6. The molecule has 0 aliphatic carbocycles. The van der Waals surface area contributed by atoms with E-state index in [0.717, 1.165) is 51.8 Å². The molecule has 0 spiro atoms. The van der Waals surface area contributed by atoms with Gasteiger partial charge in [0.2, 0.25) is 11.8 Å². The van der Waals surface area contributed by atoms with E-state index in [4.69, 9.17) is 14.5 Å². The third-order valence-electron chi connectivity index (χ3n) is 9.51. The lowest BCUT2D eigenvalue weighted by Crippen LogP contribution is -2.48. The lowest BCUT2D eigenvalue weighted by molar-refractivity contribution is -0.134. The Kier molecular flexibility index (Phi) is 11.1. The first-order valence-electron chi connectivity index (χ1n) is 17.8. The van der Waals surface area contributed by atoms with E-state index in [1.165, 1.54) is 7.11 Å². The second kappa shape index (κ2) is 16.1. The van der Waals surface area contributed by atoms with Gasteiger partial charge in [-0.25, -0.2) is 19.6 Å². The Labute approximate surface area is 307 Å². The number of carbonyl (C=O) groups is 4. The fourth-order valence-electron chi connectivity index (χ4n) is 6.78. The summed E-state index contributed by atoms with van der Waals surface area (Å²) < 4.78 is 9.62. The van der Waals surface area contributed by atoms with E-state index in [-0.39, 0.29) is 30.5 Å². The van der Waals surface area contributed by atoms with Gasteiger partial charge in [0.05, 0.1) is 48.7 Å². The van der Waals surface area contributed by atoms with E-state index in [9.17, 15) is 19.2 Å². The summed E-state index contributed by atoms with van der Waals surface area (Å²) in [5.74, 6) is 7.43. The number of H-pyrrole nitrogens is 2. The van der Waals surface area contributed by atoms with Crippen LogP contribution in [0.1, 0.15) is 81.3 Å². The van der Waals surface area contributed by atoms with Crippen LogP contribution in [-0.2, 0) is 19.1 Å². The maximum Gasteiger partial charge on any atom is 0.407 e. The van der Waals surface area contributed by atoms with Crippen molar-refractivity contribution in [1.29, 1.82) is 0 Å². The summed E-state index contributed by atoms with van der Waals surface area (Å²) in [5.41, 5.74) is 5.88. The van der Waals surface area contributed by atoms with Gasteiger partial charge in [-0.15, -0.1) is 0 Å². The summed E-state index contributed by atoms with van der Waals surface area (Å²) in [4.78, 5) is 69.9. The maximum absolute atomic E-state index is 13.4. The zero-order valence-corrected chi connectivity index (χ0v) is 30.3. The molecule has 2 fully saturated rings. The van der Waals surface area contributed by atoms with Crippen LogP contribution in [0.3, 0.4) is 0 Å². The number of rotatable bonds is 9. The molecule has 2 aromatic carbocycles. The number of benzene rings is 2. The molecule has 0 saturated carbocycles. The molecule has 4 N–H and O–H groups in total. The Balaban J connectivity index is 1.11. The first-order chi connectivity index (χ1) is 25.6. The minimum absolute atomic E-state index is 0.179. The van der Waals surface area contributed by atoms with Gasteiger partial charge in [-0.05, 0) is 75.4 Å². The molecular weight excluding hydrogens is 676 g/mol. The molecule has 4 atom stereocenters. The van der Waals surface area contributed by atoms with Crippen LogP contribution in [0, 0.1) is 11.8 Å². The zero-order chi connectivity index (χ0) is 37.6. The fourth-order valence-corrected chi connectivity index (χ4v) is 6.78. The van der Waals surface area contributed by atoms with Crippen LogP contribution in [0.5, 0.6) is 0 Å². The summed E-state index contributed by atoms with van der Waals surface area (Å²) in [6.07, 6.45) is 3.08. The van der Waals surface area contributed by atoms with Crippen LogP contribution in [0.2, 0.25) is 0 Å². The molecule has 276 valence electrons. The van der Waals surface area contributed by atoms with Crippen molar-refractivity contribution < 1.29 is 28.7 Å². The smallest absolute Gasteiger partial charge is 0.407 e. The lowest BCUT2D eigenvalue weighted by atomic mass is 10.1. The molecule has 14 nitrogen and oxygen atoms in total. The molecule has 4 heterocycles. The molecule has 6 rings (SSSR count). The number of imidazole rings is 2. The molecule has 14 heteroatoms. The third-order valence-corrected chi connectivity index (χ3v) is 9.51. The number of alkyl carbamates (subject to hydrolysis) is 2. The molecule has 2 saturated heterocycles. The number of hydrogen-bond donors (Lipinski definition) is 4. The van der Waals surface area contributed by atoms with Crippen molar-refractivity contribution >= 4 is 35.0 Å². The van der Waals surface area contributed by atoms with E-state index in [0.29, 0.717) is 37.6 Å². The first kappa shape index (κ1) is 36.7. The first-order valence-corrected chi connectivity index (χ1v) is 17.8. The standard InChI is InChI=1S/C39H44N8O6/c1-6-28(45-38(50)52-5)37(49)47-22-23(3)19-33(47)34-40-21-31(44-34)27-15-12-25(13-16-27)10-11-26-14-17-29-30(20-26)43-35(42-29)32-9-8-18-46(32)36(48)24(4)41-39(51)53-7-2/h12-17,20-21,24,28,32-33H,3,6-9,18-19,22H2,1-2,4-5H3,(H,40,44)(H,41,51)(H,42,43)(H,45,50)/t24?,28?,32-,33-/m0/s1. The highest BCUT2D eigenvalue weighted by Gasteiger charge is 2.38. The second-order valence-corrected chi connectivity index (χ2v) is 13.2. The topological polar surface area (TPSA) is 175 Å². The molecule has 2 aliphatic rings. The maximum atomic E-state index is 13.4. The van der Waals surface area contributed by atoms with Crippen molar-refractivity contribution in [3.63, 3.8) is 0 Å². The van der Waals surface area contributed by atoms with Gasteiger partial charge in [0, 0.05) is 24.2 Å². The van der Waals surface area contributed by atoms with Crippen molar-refractivity contribution in [1.82, 2.24) is 40.4 Å². The van der Waals surface area contributed by atoms with Crippen molar-refractivity contribution in [2.75, 3.05) is 26.8 Å². The number of aromatic amines is 2. The highest BCUT2D eigenvalue weighted by Crippen LogP contribution is 2.35. The Morgan fingerprint density at radius 2 is 1.72 bits per heavy atom. The molecule has 0 radical (unpaired) electrons. The minimum Gasteiger partial charge on any atom is -0.453 e. The number of ether oxygens (including phenoxy) is 2. The van der Waals surface area contributed by atoms with E-state index >= 15 is 0 Å². The summed E-state index contributed by atoms with van der Waals surface area (Å²) in [6.45, 7) is 10.5. The van der Waals surface area contributed by atoms with Crippen LogP contribution in [-0.4, -0.2) is 92.6 Å². The minimum atomic E-state index is -0.717. The Bertz CT molecular complexity index is 2080. The number of carbonyl (C=O) groups excluding carboxylic acids is 4. The Morgan fingerprint density at radius 3 is 2.45 bits per heavy atom. The van der Waals surface area contributed by atoms with Gasteiger partial charge < -0.3 is 39.9 Å². The zero-order valence-electron chi connectivity index (χ0n) is 30.3. The number of methoxy groups -OCH3 is 1.